The summed E-state index contributed by atoms with van der Waals surface area (Å²) in [5.74, 6) is 0.528. The molecule has 2 aromatic carbocycles. The first kappa shape index (κ1) is 36.2. The van der Waals surface area contributed by atoms with Crippen LogP contribution in [0, 0.1) is 5.82 Å². The molecule has 0 fully saturated rings. The van der Waals surface area contributed by atoms with E-state index in [-0.39, 0.29) is 31.4 Å². The summed E-state index contributed by atoms with van der Waals surface area (Å²) in [6.45, 7) is 2.74. The van der Waals surface area contributed by atoms with E-state index in [1.807, 2.05) is 13.0 Å². The van der Waals surface area contributed by atoms with E-state index in [0.29, 0.717) is 47.4 Å². The van der Waals surface area contributed by atoms with Crippen molar-refractivity contribution in [2.24, 2.45) is 10.7 Å². The summed E-state index contributed by atoms with van der Waals surface area (Å²) in [6, 6.07) is 14.5. The van der Waals surface area contributed by atoms with E-state index in [0.717, 1.165) is 29.7 Å². The zero-order valence-corrected chi connectivity index (χ0v) is 26.5. The highest BCUT2D eigenvalue weighted by Gasteiger charge is 2.30. The van der Waals surface area contributed by atoms with Gasteiger partial charge in [0.15, 0.2) is 10.9 Å². The summed E-state index contributed by atoms with van der Waals surface area (Å²) in [6.07, 6.45) is 1.62. The van der Waals surface area contributed by atoms with Crippen LogP contribution in [0.2, 0.25) is 0 Å². The lowest BCUT2D eigenvalue weighted by Gasteiger charge is -2.30. The van der Waals surface area contributed by atoms with E-state index in [1.54, 1.807) is 53.6 Å². The lowest BCUT2D eigenvalue weighted by atomic mass is 10.1. The van der Waals surface area contributed by atoms with Crippen LogP contribution in [0.1, 0.15) is 30.0 Å². The number of carbonyl (C=O) groups is 1. The number of halogens is 5. The van der Waals surface area contributed by atoms with Gasteiger partial charge in [-0.1, -0.05) is 55.1 Å². The molecule has 1 aliphatic heterocycles. The van der Waals surface area contributed by atoms with Crippen molar-refractivity contribution in [1.29, 1.82) is 0 Å². The lowest BCUT2D eigenvalue weighted by Crippen LogP contribution is -2.42. The number of carbonyl (C=O) groups excluding carboxylic acids is 1. The molecule has 3 aromatic rings. The van der Waals surface area contributed by atoms with Crippen LogP contribution >= 0.6 is 11.8 Å². The van der Waals surface area contributed by atoms with Crippen LogP contribution in [-0.4, -0.2) is 59.8 Å². The Morgan fingerprint density at radius 1 is 1.04 bits per heavy atom. The van der Waals surface area contributed by atoms with Crippen LogP contribution in [0.25, 0.3) is 11.3 Å². The van der Waals surface area contributed by atoms with Crippen LogP contribution in [0.4, 0.5) is 22.0 Å². The molecule has 2 N–H and O–H groups in total. The Morgan fingerprint density at radius 2 is 1.72 bits per heavy atom. The molecule has 0 aliphatic carbocycles. The topological polar surface area (TPSA) is 84.1 Å². The van der Waals surface area contributed by atoms with E-state index >= 15 is 0 Å². The number of aromatic nitrogens is 1. The fourth-order valence-corrected chi connectivity index (χ4v) is 5.31. The number of aliphatic imine (C=N–C) groups is 1. The molecular weight excluding hydrogens is 625 g/mol. The highest BCUT2D eigenvalue weighted by Crippen LogP contribution is 2.31. The zero-order valence-electron chi connectivity index (χ0n) is 25.7. The average molecular weight is 662 g/mol. The molecule has 4 rings (SSSR count). The second-order valence-electron chi connectivity index (χ2n) is 9.86. The Bertz CT molecular complexity index is 1510. The lowest BCUT2D eigenvalue weighted by molar-refractivity contribution is -0.137. The Balaban J connectivity index is 0.00000282. The van der Waals surface area contributed by atoms with E-state index in [2.05, 4.69) is 4.98 Å². The predicted octanol–water partition coefficient (Wildman–Crippen LogP) is 7.17. The first-order valence-electron chi connectivity index (χ1n) is 14.3. The third-order valence-electron chi connectivity index (χ3n) is 6.65. The number of ether oxygens (including phenoxy) is 1. The van der Waals surface area contributed by atoms with Gasteiger partial charge in [0.2, 0.25) is 5.91 Å². The van der Waals surface area contributed by atoms with Gasteiger partial charge >= 0.3 is 6.18 Å². The third kappa shape index (κ3) is 10.1. The first-order valence-corrected chi connectivity index (χ1v) is 15.3. The van der Waals surface area contributed by atoms with Crippen molar-refractivity contribution >= 4 is 22.8 Å². The predicted molar refractivity (Wildman–Crippen MR) is 171 cm³/mol. The minimum atomic E-state index is -4.41. The zero-order chi connectivity index (χ0) is 33.7. The quantitative estimate of drug-likeness (QED) is 0.220. The third-order valence-corrected chi connectivity index (χ3v) is 7.71. The van der Waals surface area contributed by atoms with E-state index in [4.69, 9.17) is 15.5 Å². The van der Waals surface area contributed by atoms with Crippen molar-refractivity contribution in [1.82, 2.24) is 14.8 Å². The van der Waals surface area contributed by atoms with Crippen molar-refractivity contribution in [2.45, 2.75) is 31.8 Å². The largest absolute Gasteiger partial charge is 0.493 e. The number of hydrogen-bond acceptors (Lipinski definition) is 7. The van der Waals surface area contributed by atoms with E-state index in [9.17, 15) is 26.7 Å². The molecule has 1 aliphatic rings. The number of thioether (sulfide) groups is 1. The van der Waals surface area contributed by atoms with Gasteiger partial charge in [0.05, 0.1) is 31.7 Å². The van der Waals surface area contributed by atoms with Crippen LogP contribution in [0.3, 0.4) is 0 Å². The van der Waals surface area contributed by atoms with Gasteiger partial charge in [-0.15, -0.1) is 0 Å². The van der Waals surface area contributed by atoms with E-state index in [1.165, 1.54) is 36.0 Å². The molecule has 0 spiro atoms. The molecule has 1 aromatic heterocycles. The van der Waals surface area contributed by atoms with Crippen molar-refractivity contribution < 1.29 is 31.5 Å². The number of pyridine rings is 1. The normalized spacial score (nSPS) is 13.8. The molecule has 0 radical (unpaired) electrons. The van der Waals surface area contributed by atoms with Gasteiger partial charge in [-0.05, 0) is 47.9 Å². The number of methoxy groups -OCH3 is 1. The molecule has 0 bridgehead atoms. The second kappa shape index (κ2) is 17.5. The molecule has 0 unspecified atom stereocenters. The minimum absolute atomic E-state index is 0.0292. The van der Waals surface area contributed by atoms with Crippen LogP contribution < -0.4 is 5.73 Å². The molecule has 0 atom stereocenters. The minimum Gasteiger partial charge on any atom is -0.493 e. The monoisotopic (exact) mass is 661 g/mol. The number of amides is 1. The molecule has 13 heteroatoms. The maximum absolute atomic E-state index is 13.6. The van der Waals surface area contributed by atoms with Crippen LogP contribution in [-0.2, 0) is 28.0 Å². The van der Waals surface area contributed by atoms with Crippen molar-refractivity contribution in [3.05, 3.63) is 113 Å². The fraction of sp³-hybridized carbons (Fsp3) is 0.303. The molecule has 0 saturated carbocycles. The Morgan fingerprint density at radius 3 is 2.28 bits per heavy atom. The number of rotatable bonds is 11. The van der Waals surface area contributed by atoms with Gasteiger partial charge < -0.3 is 20.3 Å². The Kier molecular flexibility index (Phi) is 13.8. The average Bonchev–Trinajstić information content (AvgIpc) is 3.06. The summed E-state index contributed by atoms with van der Waals surface area (Å²) < 4.78 is 67.2. The Labute approximate surface area is 269 Å². The number of amidine groups is 1. The number of benzene rings is 2. The molecule has 7 nitrogen and oxygen atoms in total. The number of nitrogens with zero attached hydrogens (tertiary/aromatic N) is 4. The van der Waals surface area contributed by atoms with Gasteiger partial charge in [0.25, 0.3) is 0 Å². The van der Waals surface area contributed by atoms with Crippen molar-refractivity contribution in [3.63, 3.8) is 0 Å². The second-order valence-corrected chi connectivity index (χ2v) is 10.8. The highest BCUT2D eigenvalue weighted by molar-refractivity contribution is 8.13. The molecule has 246 valence electrons. The first-order chi connectivity index (χ1) is 22.1. The number of nitrogens with two attached hydrogens (primary N) is 1. The van der Waals surface area contributed by atoms with Gasteiger partial charge in [0.1, 0.15) is 18.1 Å². The van der Waals surface area contributed by atoms with Gasteiger partial charge in [-0.25, -0.2) is 9.38 Å². The van der Waals surface area contributed by atoms with Crippen LogP contribution in [0.15, 0.2) is 95.6 Å². The standard InChI is InChI=1S/C32H33F4N5O2S.CH3F/c1-3-4-28-29(43-2)19-41(31(39-28)44-21-22-5-12-26(33)13-6-22)20-30(42)40(16-15-37)18-23-7-14-27(38-17-23)24-8-10-25(11-9-24)32(34,35)36;1-2/h4-14,17,19H,3,15-16,18,20-21,37H2,1-2H3;1H3. The molecule has 0 saturated heterocycles. The number of allylic oxidation sites excluding steroid dienone is 1. The summed E-state index contributed by atoms with van der Waals surface area (Å²) in [7, 11) is 2.05. The maximum atomic E-state index is 13.6. The summed E-state index contributed by atoms with van der Waals surface area (Å²) in [5, 5.41) is 0.596. The summed E-state index contributed by atoms with van der Waals surface area (Å²) >= 11 is 1.42. The van der Waals surface area contributed by atoms with Crippen molar-refractivity contribution in [2.75, 3.05) is 33.9 Å². The molecule has 46 heavy (non-hydrogen) atoms. The van der Waals surface area contributed by atoms with Crippen molar-refractivity contribution in [3.8, 4) is 11.3 Å². The number of alkyl halides is 4. The smallest absolute Gasteiger partial charge is 0.416 e. The Hall–Kier alpha value is -4.23. The molecule has 2 heterocycles. The number of hydrogen-bond donors (Lipinski definition) is 1. The van der Waals surface area contributed by atoms with Gasteiger partial charge in [-0.2, -0.15) is 13.2 Å². The van der Waals surface area contributed by atoms with Crippen LogP contribution in [0.5, 0.6) is 0 Å². The molecular formula is C33H36F5N5O2S. The SMILES string of the molecule is CCC=C1N=C(SCc2ccc(F)cc2)N(CC(=O)N(CCN)Cc2ccc(-c3ccc(C(F)(F)F)cc3)nc2)C=C1OC.CF. The fourth-order valence-electron chi connectivity index (χ4n) is 4.37. The van der Waals surface area contributed by atoms with Gasteiger partial charge in [-0.3, -0.25) is 14.2 Å². The van der Waals surface area contributed by atoms with E-state index < -0.39 is 11.7 Å². The molecule has 1 amide bonds. The maximum Gasteiger partial charge on any atom is 0.416 e. The summed E-state index contributed by atoms with van der Waals surface area (Å²) in [4.78, 5) is 26.1. The summed E-state index contributed by atoms with van der Waals surface area (Å²) in [5.41, 5.74) is 8.49. The highest BCUT2D eigenvalue weighted by atomic mass is 32.2. The van der Waals surface area contributed by atoms with Gasteiger partial charge in [0, 0.05) is 37.1 Å².